The highest BCUT2D eigenvalue weighted by atomic mass is 16.5. The van der Waals surface area contributed by atoms with Gasteiger partial charge >= 0.3 is 0 Å². The van der Waals surface area contributed by atoms with Crippen molar-refractivity contribution in [3.63, 3.8) is 0 Å². The molecule has 8 heteroatoms. The highest BCUT2D eigenvalue weighted by Gasteiger charge is 2.43. The lowest BCUT2D eigenvalue weighted by molar-refractivity contribution is -0.0802. The largest absolute Gasteiger partial charge is 0.368 e. The molecule has 0 radical (unpaired) electrons. The van der Waals surface area contributed by atoms with Gasteiger partial charge in [-0.3, -0.25) is 0 Å². The van der Waals surface area contributed by atoms with Crippen molar-refractivity contribution < 1.29 is 4.74 Å². The van der Waals surface area contributed by atoms with E-state index in [1.54, 1.807) is 0 Å². The Bertz CT molecular complexity index is 1070. The zero-order valence-electron chi connectivity index (χ0n) is 17.5. The monoisotopic (exact) mass is 393 g/mol. The van der Waals surface area contributed by atoms with E-state index in [0.29, 0.717) is 0 Å². The van der Waals surface area contributed by atoms with Crippen LogP contribution in [-0.4, -0.2) is 58.4 Å². The fraction of sp³-hybridized carbons (Fsp3) is 0.524. The van der Waals surface area contributed by atoms with Crippen LogP contribution in [0.15, 0.2) is 18.5 Å². The topological polar surface area (TPSA) is 71.7 Å². The minimum atomic E-state index is -0.322. The predicted molar refractivity (Wildman–Crippen MR) is 112 cm³/mol. The molecule has 5 rings (SSSR count). The van der Waals surface area contributed by atoms with Gasteiger partial charge in [-0.1, -0.05) is 0 Å². The van der Waals surface area contributed by atoms with Crippen molar-refractivity contribution in [2.45, 2.75) is 38.7 Å². The molecule has 8 nitrogen and oxygen atoms in total. The summed E-state index contributed by atoms with van der Waals surface area (Å²) in [4.78, 5) is 18.4. The molecule has 2 aliphatic rings. The number of ether oxygens (including phenoxy) is 1. The molecular formula is C21H27N7O. The van der Waals surface area contributed by atoms with Crippen molar-refractivity contribution in [2.24, 2.45) is 0 Å². The van der Waals surface area contributed by atoms with Gasteiger partial charge in [0.25, 0.3) is 0 Å². The highest BCUT2D eigenvalue weighted by molar-refractivity contribution is 5.56. The third-order valence-electron chi connectivity index (χ3n) is 6.29. The molecule has 0 aromatic carbocycles. The van der Waals surface area contributed by atoms with Crippen LogP contribution in [0.1, 0.15) is 35.4 Å². The Balaban J connectivity index is 1.49. The maximum absolute atomic E-state index is 6.41. The summed E-state index contributed by atoms with van der Waals surface area (Å²) in [5.41, 5.74) is 5.10. The summed E-state index contributed by atoms with van der Waals surface area (Å²) < 4.78 is 8.37. The lowest BCUT2D eigenvalue weighted by atomic mass is 9.83. The SMILES string of the molecule is Cc1nc2ccnn2c(N2CCC3(CC2)OCCc2cnc(N(C)C)nc23)c1C. The number of aryl methyl sites for hydroxylation is 1. The van der Waals surface area contributed by atoms with Gasteiger partial charge in [-0.25, -0.2) is 15.0 Å². The third-order valence-corrected chi connectivity index (χ3v) is 6.29. The summed E-state index contributed by atoms with van der Waals surface area (Å²) in [6.45, 7) is 6.71. The average Bonchev–Trinajstić information content (AvgIpc) is 3.18. The Hall–Kier alpha value is -2.74. The third kappa shape index (κ3) is 2.85. The maximum atomic E-state index is 6.41. The standard InChI is InChI=1S/C21H27N7O/c1-14-15(2)24-17-5-9-23-28(17)19(14)27-10-7-21(8-11-27)18-16(6-12-29-21)13-22-20(25-18)26(3)4/h5,9,13H,6-8,10-12H2,1-4H3. The molecule has 0 saturated carbocycles. The Morgan fingerprint density at radius 3 is 2.69 bits per heavy atom. The molecule has 0 atom stereocenters. The van der Waals surface area contributed by atoms with Gasteiger partial charge in [-0.2, -0.15) is 9.61 Å². The molecule has 1 spiro atoms. The summed E-state index contributed by atoms with van der Waals surface area (Å²) in [7, 11) is 3.95. The van der Waals surface area contributed by atoms with Crippen molar-refractivity contribution in [3.05, 3.63) is 41.0 Å². The first-order chi connectivity index (χ1) is 14.0. The van der Waals surface area contributed by atoms with Gasteiger partial charge in [-0.05, 0) is 38.7 Å². The van der Waals surface area contributed by atoms with Crippen LogP contribution >= 0.6 is 0 Å². The van der Waals surface area contributed by atoms with Crippen LogP contribution in [-0.2, 0) is 16.8 Å². The molecule has 0 amide bonds. The van der Waals surface area contributed by atoms with Crippen LogP contribution in [0.3, 0.4) is 0 Å². The number of hydrogen-bond acceptors (Lipinski definition) is 7. The van der Waals surface area contributed by atoms with Gasteiger partial charge in [-0.15, -0.1) is 0 Å². The van der Waals surface area contributed by atoms with E-state index in [2.05, 4.69) is 33.8 Å². The number of fused-ring (bicyclic) bond motifs is 3. The highest BCUT2D eigenvalue weighted by Crippen LogP contribution is 2.42. The van der Waals surface area contributed by atoms with Crippen LogP contribution in [0.5, 0.6) is 0 Å². The molecule has 0 unspecified atom stereocenters. The number of piperidine rings is 1. The quantitative estimate of drug-likeness (QED) is 0.661. The fourth-order valence-corrected chi connectivity index (χ4v) is 4.57. The van der Waals surface area contributed by atoms with Crippen LogP contribution in [0, 0.1) is 13.8 Å². The Morgan fingerprint density at radius 1 is 1.14 bits per heavy atom. The summed E-state index contributed by atoms with van der Waals surface area (Å²) in [5.74, 6) is 1.88. The average molecular weight is 393 g/mol. The van der Waals surface area contributed by atoms with Gasteiger partial charge in [0.15, 0.2) is 5.65 Å². The predicted octanol–water partition coefficient (Wildman–Crippen LogP) is 2.27. The molecular weight excluding hydrogens is 366 g/mol. The van der Waals surface area contributed by atoms with Crippen molar-refractivity contribution in [1.82, 2.24) is 24.6 Å². The number of hydrogen-bond donors (Lipinski definition) is 0. The van der Waals surface area contributed by atoms with Crippen molar-refractivity contribution in [2.75, 3.05) is 43.6 Å². The van der Waals surface area contributed by atoms with Crippen molar-refractivity contribution >= 4 is 17.4 Å². The van der Waals surface area contributed by atoms with E-state index in [0.717, 1.165) is 67.8 Å². The molecule has 152 valence electrons. The maximum Gasteiger partial charge on any atom is 0.225 e. The van der Waals surface area contributed by atoms with Gasteiger partial charge in [0.2, 0.25) is 5.95 Å². The number of nitrogens with zero attached hydrogens (tertiary/aromatic N) is 7. The van der Waals surface area contributed by atoms with Gasteiger partial charge in [0, 0.05) is 50.7 Å². The zero-order chi connectivity index (χ0) is 20.2. The molecule has 0 N–H and O–H groups in total. The van der Waals surface area contributed by atoms with Crippen molar-refractivity contribution in [3.8, 4) is 0 Å². The second-order valence-electron chi connectivity index (χ2n) is 8.27. The van der Waals surface area contributed by atoms with Crippen LogP contribution in [0.25, 0.3) is 5.65 Å². The van der Waals surface area contributed by atoms with E-state index in [4.69, 9.17) is 9.72 Å². The summed E-state index contributed by atoms with van der Waals surface area (Å²) in [5, 5.41) is 4.52. The smallest absolute Gasteiger partial charge is 0.225 e. The fourth-order valence-electron chi connectivity index (χ4n) is 4.57. The second kappa shape index (κ2) is 6.66. The lowest BCUT2D eigenvalue weighted by Crippen LogP contribution is -2.48. The molecule has 5 heterocycles. The molecule has 3 aromatic rings. The van der Waals surface area contributed by atoms with Gasteiger partial charge in [0.1, 0.15) is 11.4 Å². The Kier molecular flexibility index (Phi) is 4.20. The minimum Gasteiger partial charge on any atom is -0.368 e. The second-order valence-corrected chi connectivity index (χ2v) is 8.27. The summed E-state index contributed by atoms with van der Waals surface area (Å²) in [6, 6.07) is 1.96. The van der Waals surface area contributed by atoms with Gasteiger partial charge < -0.3 is 14.5 Å². The normalized spacial score (nSPS) is 18.3. The Morgan fingerprint density at radius 2 is 1.93 bits per heavy atom. The van der Waals surface area contributed by atoms with E-state index < -0.39 is 0 Å². The van der Waals surface area contributed by atoms with E-state index >= 15 is 0 Å². The number of rotatable bonds is 2. The molecule has 0 aliphatic carbocycles. The van der Waals surface area contributed by atoms with Crippen LogP contribution in [0.4, 0.5) is 11.8 Å². The minimum absolute atomic E-state index is 0.322. The van der Waals surface area contributed by atoms with Crippen LogP contribution < -0.4 is 9.80 Å². The molecule has 3 aromatic heterocycles. The Labute approximate surface area is 170 Å². The first kappa shape index (κ1) is 18.3. The van der Waals surface area contributed by atoms with E-state index in [-0.39, 0.29) is 5.60 Å². The van der Waals surface area contributed by atoms with Crippen LogP contribution in [0.2, 0.25) is 0 Å². The summed E-state index contributed by atoms with van der Waals surface area (Å²) >= 11 is 0. The first-order valence-corrected chi connectivity index (χ1v) is 10.2. The first-order valence-electron chi connectivity index (χ1n) is 10.2. The van der Waals surface area contributed by atoms with E-state index in [1.165, 1.54) is 11.1 Å². The molecule has 1 fully saturated rings. The molecule has 29 heavy (non-hydrogen) atoms. The summed E-state index contributed by atoms with van der Waals surface area (Å²) in [6.07, 6.45) is 6.47. The molecule has 2 aliphatic heterocycles. The van der Waals surface area contributed by atoms with E-state index in [9.17, 15) is 0 Å². The number of aromatic nitrogens is 5. The molecule has 0 bridgehead atoms. The zero-order valence-corrected chi connectivity index (χ0v) is 17.5. The van der Waals surface area contributed by atoms with Gasteiger partial charge in [0.05, 0.1) is 18.5 Å². The number of anilines is 2. The molecule has 1 saturated heterocycles. The van der Waals surface area contributed by atoms with E-state index in [1.807, 2.05) is 42.0 Å². The van der Waals surface area contributed by atoms with Crippen molar-refractivity contribution in [1.29, 1.82) is 0 Å². The lowest BCUT2D eigenvalue weighted by Gasteiger charge is -2.45.